The molecule has 14 heavy (non-hydrogen) atoms. The van der Waals surface area contributed by atoms with Crippen LogP contribution in [-0.2, 0) is 0 Å². The Bertz CT molecular complexity index is 338. The maximum Gasteiger partial charge on any atom is 0.412 e. The average Bonchev–Trinajstić information content (AvgIpc) is 2.46. The van der Waals surface area contributed by atoms with Gasteiger partial charge in [-0.2, -0.15) is 13.2 Å². The molecule has 1 aliphatic carbocycles. The first-order chi connectivity index (χ1) is 6.48. The molecule has 0 spiro atoms. The Balaban J connectivity index is 2.26. The highest BCUT2D eigenvalue weighted by Gasteiger charge is 2.38. The van der Waals surface area contributed by atoms with E-state index in [4.69, 9.17) is 0 Å². The number of hydrogen-bond donors (Lipinski definition) is 0. The Labute approximate surface area is 79.4 Å². The van der Waals surface area contributed by atoms with E-state index in [0.29, 0.717) is 0 Å². The van der Waals surface area contributed by atoms with Gasteiger partial charge in [0, 0.05) is 24.7 Å². The van der Waals surface area contributed by atoms with E-state index in [9.17, 15) is 13.2 Å². The second-order valence-electron chi connectivity index (χ2n) is 3.38. The summed E-state index contributed by atoms with van der Waals surface area (Å²) in [5.41, 5.74) is 0.330. The first-order valence-corrected chi connectivity index (χ1v) is 4.22. The van der Waals surface area contributed by atoms with E-state index in [2.05, 4.69) is 4.99 Å². The van der Waals surface area contributed by atoms with E-state index < -0.39 is 11.7 Å². The topological polar surface area (TPSA) is 15.6 Å². The summed E-state index contributed by atoms with van der Waals surface area (Å²) >= 11 is 0. The number of nitrogens with zero attached hydrogens (tertiary/aromatic N) is 2. The summed E-state index contributed by atoms with van der Waals surface area (Å²) in [7, 11) is 1.78. The van der Waals surface area contributed by atoms with Gasteiger partial charge in [-0.05, 0) is 6.08 Å². The number of likely N-dealkylation sites (N-methyl/N-ethyl adjacent to an activating group) is 1. The zero-order chi connectivity index (χ0) is 10.3. The molecule has 0 radical (unpaired) electrons. The highest BCUT2D eigenvalue weighted by Crippen LogP contribution is 2.35. The van der Waals surface area contributed by atoms with Gasteiger partial charge >= 0.3 is 6.18 Å². The quantitative estimate of drug-likeness (QED) is 0.587. The molecule has 2 rings (SSSR count). The summed E-state index contributed by atoms with van der Waals surface area (Å²) in [5.74, 6) is 0. The molecular weight excluding hydrogens is 193 g/mol. The Kier molecular flexibility index (Phi) is 1.90. The second kappa shape index (κ2) is 2.87. The van der Waals surface area contributed by atoms with Crippen molar-refractivity contribution >= 4 is 6.34 Å². The van der Waals surface area contributed by atoms with E-state index in [1.165, 1.54) is 6.08 Å². The van der Waals surface area contributed by atoms with E-state index in [1.807, 2.05) is 0 Å². The van der Waals surface area contributed by atoms with Crippen molar-refractivity contribution in [1.82, 2.24) is 4.90 Å². The van der Waals surface area contributed by atoms with Gasteiger partial charge in [-0.1, -0.05) is 6.08 Å². The van der Waals surface area contributed by atoms with Gasteiger partial charge in [0.25, 0.3) is 0 Å². The van der Waals surface area contributed by atoms with E-state index >= 15 is 0 Å². The van der Waals surface area contributed by atoms with Crippen molar-refractivity contribution < 1.29 is 13.2 Å². The second-order valence-corrected chi connectivity index (χ2v) is 3.38. The molecule has 2 aliphatic rings. The van der Waals surface area contributed by atoms with Gasteiger partial charge < -0.3 is 4.90 Å². The molecule has 0 amide bonds. The fraction of sp³-hybridized carbons (Fsp3) is 0.444. The molecule has 5 heteroatoms. The molecule has 2 nitrogen and oxygen atoms in total. The largest absolute Gasteiger partial charge is 0.412 e. The normalized spacial score (nSPS) is 26.0. The summed E-state index contributed by atoms with van der Waals surface area (Å²) in [6.07, 6.45) is -0.0838. The van der Waals surface area contributed by atoms with Gasteiger partial charge in [-0.3, -0.25) is 4.99 Å². The molecular formula is C9H9F3N2. The van der Waals surface area contributed by atoms with E-state index in [-0.39, 0.29) is 12.5 Å². The average molecular weight is 202 g/mol. The van der Waals surface area contributed by atoms with Crippen molar-refractivity contribution in [2.75, 3.05) is 7.05 Å². The Morgan fingerprint density at radius 3 is 2.79 bits per heavy atom. The van der Waals surface area contributed by atoms with Crippen molar-refractivity contribution in [2.24, 2.45) is 4.99 Å². The lowest BCUT2D eigenvalue weighted by molar-refractivity contribution is -0.0944. The van der Waals surface area contributed by atoms with Gasteiger partial charge in [-0.15, -0.1) is 0 Å². The van der Waals surface area contributed by atoms with Crippen LogP contribution in [0.3, 0.4) is 0 Å². The molecule has 0 aromatic carbocycles. The first kappa shape index (κ1) is 9.30. The van der Waals surface area contributed by atoms with Crippen molar-refractivity contribution in [2.45, 2.75) is 18.6 Å². The molecule has 0 aromatic heterocycles. The van der Waals surface area contributed by atoms with Crippen LogP contribution >= 0.6 is 0 Å². The smallest absolute Gasteiger partial charge is 0.337 e. The lowest BCUT2D eigenvalue weighted by Crippen LogP contribution is -2.23. The van der Waals surface area contributed by atoms with Crippen LogP contribution in [0.2, 0.25) is 0 Å². The van der Waals surface area contributed by atoms with Crippen LogP contribution in [0.25, 0.3) is 0 Å². The van der Waals surface area contributed by atoms with Crippen LogP contribution in [0.1, 0.15) is 6.42 Å². The van der Waals surface area contributed by atoms with Gasteiger partial charge in [0.2, 0.25) is 0 Å². The van der Waals surface area contributed by atoms with Crippen LogP contribution in [0.15, 0.2) is 28.4 Å². The molecule has 1 unspecified atom stereocenters. The SMILES string of the molecule is CN1C=NC2CC(C(F)(F)F)=CC=C21. The van der Waals surface area contributed by atoms with Crippen LogP contribution in [0.4, 0.5) is 13.2 Å². The Morgan fingerprint density at radius 2 is 2.14 bits per heavy atom. The summed E-state index contributed by atoms with van der Waals surface area (Å²) in [6.45, 7) is 0. The fourth-order valence-electron chi connectivity index (χ4n) is 1.62. The summed E-state index contributed by atoms with van der Waals surface area (Å²) < 4.78 is 37.0. The molecule has 1 heterocycles. The summed E-state index contributed by atoms with van der Waals surface area (Å²) in [4.78, 5) is 5.74. The number of halogens is 3. The van der Waals surface area contributed by atoms with Crippen LogP contribution in [0, 0.1) is 0 Å². The molecule has 0 fully saturated rings. The molecule has 0 bridgehead atoms. The van der Waals surface area contributed by atoms with Crippen LogP contribution in [0.5, 0.6) is 0 Å². The minimum atomic E-state index is -4.22. The predicted octanol–water partition coefficient (Wildman–Crippen LogP) is 2.10. The lowest BCUT2D eigenvalue weighted by atomic mass is 9.98. The Hall–Kier alpha value is -1.26. The number of alkyl halides is 3. The molecule has 1 aliphatic heterocycles. The summed E-state index contributed by atoms with van der Waals surface area (Å²) in [5, 5.41) is 0. The molecule has 0 aromatic rings. The van der Waals surface area contributed by atoms with Crippen molar-refractivity contribution in [3.63, 3.8) is 0 Å². The van der Waals surface area contributed by atoms with Crippen molar-refractivity contribution in [3.8, 4) is 0 Å². The molecule has 1 atom stereocenters. The molecule has 0 saturated heterocycles. The minimum absolute atomic E-state index is 0.0455. The third-order valence-corrected chi connectivity index (χ3v) is 2.40. The summed E-state index contributed by atoms with van der Waals surface area (Å²) in [6, 6.07) is -0.346. The van der Waals surface area contributed by atoms with E-state index in [0.717, 1.165) is 11.8 Å². The fourth-order valence-corrected chi connectivity index (χ4v) is 1.62. The number of rotatable bonds is 0. The molecule has 0 N–H and O–H groups in total. The Morgan fingerprint density at radius 1 is 1.43 bits per heavy atom. The van der Waals surface area contributed by atoms with E-state index in [1.54, 1.807) is 18.3 Å². The van der Waals surface area contributed by atoms with Gasteiger partial charge in [0.15, 0.2) is 0 Å². The van der Waals surface area contributed by atoms with Gasteiger partial charge in [-0.25, -0.2) is 0 Å². The minimum Gasteiger partial charge on any atom is -0.337 e. The van der Waals surface area contributed by atoms with Crippen LogP contribution < -0.4 is 0 Å². The highest BCUT2D eigenvalue weighted by atomic mass is 19.4. The predicted molar refractivity (Wildman–Crippen MR) is 46.9 cm³/mol. The molecule has 76 valence electrons. The number of allylic oxidation sites excluding steroid dienone is 2. The highest BCUT2D eigenvalue weighted by molar-refractivity contribution is 5.64. The standard InChI is InChI=1S/C9H9F3N2/c1-14-5-13-7-4-6(9(10,11)12)2-3-8(7)14/h2-3,5,7H,4H2,1H3. The van der Waals surface area contributed by atoms with Crippen LogP contribution in [-0.4, -0.2) is 30.5 Å². The van der Waals surface area contributed by atoms with Crippen molar-refractivity contribution in [1.29, 1.82) is 0 Å². The first-order valence-electron chi connectivity index (χ1n) is 4.22. The van der Waals surface area contributed by atoms with Gasteiger partial charge in [0.1, 0.15) is 0 Å². The third kappa shape index (κ3) is 1.42. The van der Waals surface area contributed by atoms with Gasteiger partial charge in [0.05, 0.1) is 12.4 Å². The zero-order valence-electron chi connectivity index (χ0n) is 7.54. The monoisotopic (exact) mass is 202 g/mol. The zero-order valence-corrected chi connectivity index (χ0v) is 7.54. The third-order valence-electron chi connectivity index (χ3n) is 2.40. The van der Waals surface area contributed by atoms with Crippen molar-refractivity contribution in [3.05, 3.63) is 23.4 Å². The molecule has 0 saturated carbocycles. The maximum atomic E-state index is 12.3. The number of hydrogen-bond acceptors (Lipinski definition) is 2. The number of aliphatic imine (C=N–C) groups is 1. The lowest BCUT2D eigenvalue weighted by Gasteiger charge is -2.21. The maximum absolute atomic E-state index is 12.3. The number of fused-ring (bicyclic) bond motifs is 1.